The molecule has 0 atom stereocenters. The summed E-state index contributed by atoms with van der Waals surface area (Å²) >= 11 is 5.98. The highest BCUT2D eigenvalue weighted by Gasteiger charge is 2.19. The van der Waals surface area contributed by atoms with Gasteiger partial charge in [0.15, 0.2) is 0 Å². The third-order valence-electron chi connectivity index (χ3n) is 2.64. The molecule has 3 N–H and O–H groups in total. The minimum atomic E-state index is 0.599. The van der Waals surface area contributed by atoms with E-state index in [1.165, 1.54) is 25.7 Å². The van der Waals surface area contributed by atoms with Crippen molar-refractivity contribution in [3.05, 3.63) is 17.3 Å². The number of nitrogens with one attached hydrogen (secondary N) is 1. The van der Waals surface area contributed by atoms with E-state index in [1.807, 2.05) is 0 Å². The van der Waals surface area contributed by atoms with Crippen LogP contribution in [0.25, 0.3) is 0 Å². The maximum absolute atomic E-state index is 5.98. The van der Waals surface area contributed by atoms with Crippen LogP contribution in [0.4, 0.5) is 11.5 Å². The lowest BCUT2D eigenvalue weighted by atomic mass is 10.2. The van der Waals surface area contributed by atoms with E-state index in [-0.39, 0.29) is 0 Å². The fourth-order valence-corrected chi connectivity index (χ4v) is 1.83. The zero-order valence-corrected chi connectivity index (χ0v) is 9.43. The van der Waals surface area contributed by atoms with E-state index in [0.29, 0.717) is 10.7 Å². The molecule has 1 heterocycles. The van der Waals surface area contributed by atoms with Crippen molar-refractivity contribution in [2.45, 2.75) is 25.7 Å². The Morgan fingerprint density at radius 1 is 1.53 bits per heavy atom. The summed E-state index contributed by atoms with van der Waals surface area (Å²) in [6, 6.07) is 1.72. The second-order valence-corrected chi connectivity index (χ2v) is 4.52. The summed E-state index contributed by atoms with van der Waals surface area (Å²) in [5.41, 5.74) is 6.16. The molecule has 1 aromatic heterocycles. The molecular weight excluding hydrogens is 210 g/mol. The van der Waals surface area contributed by atoms with Crippen LogP contribution in [0.2, 0.25) is 5.02 Å². The summed E-state index contributed by atoms with van der Waals surface area (Å²) in [4.78, 5) is 4.14. The number of hydrogen-bond acceptors (Lipinski definition) is 3. The Morgan fingerprint density at radius 3 is 3.00 bits per heavy atom. The molecule has 3 nitrogen and oxygen atoms in total. The van der Waals surface area contributed by atoms with E-state index in [1.54, 1.807) is 12.3 Å². The van der Waals surface area contributed by atoms with Crippen molar-refractivity contribution in [3.63, 3.8) is 0 Å². The van der Waals surface area contributed by atoms with Gasteiger partial charge in [-0.15, -0.1) is 0 Å². The predicted octanol–water partition coefficient (Wildman–Crippen LogP) is 2.92. The van der Waals surface area contributed by atoms with Crippen molar-refractivity contribution >= 4 is 23.1 Å². The number of anilines is 2. The van der Waals surface area contributed by atoms with E-state index in [9.17, 15) is 0 Å². The molecule has 0 amide bonds. The van der Waals surface area contributed by atoms with E-state index in [0.717, 1.165) is 18.3 Å². The predicted molar refractivity (Wildman–Crippen MR) is 64.1 cm³/mol. The lowest BCUT2D eigenvalue weighted by molar-refractivity contribution is 0.686. The zero-order chi connectivity index (χ0) is 10.7. The van der Waals surface area contributed by atoms with Crippen LogP contribution in [0.3, 0.4) is 0 Å². The molecule has 0 spiro atoms. The fraction of sp³-hybridized carbons (Fsp3) is 0.545. The van der Waals surface area contributed by atoms with Gasteiger partial charge in [-0.1, -0.05) is 24.4 Å². The minimum absolute atomic E-state index is 0.599. The fourth-order valence-electron chi connectivity index (χ4n) is 1.59. The lowest BCUT2D eigenvalue weighted by Crippen LogP contribution is -2.04. The maximum Gasteiger partial charge on any atom is 0.144 e. The molecule has 1 aromatic rings. The van der Waals surface area contributed by atoms with Gasteiger partial charge in [0, 0.05) is 6.54 Å². The van der Waals surface area contributed by atoms with E-state index < -0.39 is 0 Å². The number of nitrogen functional groups attached to an aromatic ring is 1. The average molecular weight is 226 g/mol. The van der Waals surface area contributed by atoms with Gasteiger partial charge in [0.05, 0.1) is 16.9 Å². The molecule has 0 saturated heterocycles. The van der Waals surface area contributed by atoms with Crippen LogP contribution < -0.4 is 11.1 Å². The van der Waals surface area contributed by atoms with Crippen molar-refractivity contribution < 1.29 is 0 Å². The van der Waals surface area contributed by atoms with Crippen molar-refractivity contribution in [2.75, 3.05) is 17.6 Å². The summed E-state index contributed by atoms with van der Waals surface area (Å²) in [7, 11) is 0. The molecule has 1 saturated carbocycles. The Balaban J connectivity index is 1.76. The van der Waals surface area contributed by atoms with Crippen molar-refractivity contribution in [2.24, 2.45) is 5.92 Å². The van der Waals surface area contributed by atoms with Crippen LogP contribution in [0.1, 0.15) is 25.7 Å². The molecule has 0 radical (unpaired) electrons. The summed E-state index contributed by atoms with van der Waals surface area (Å²) < 4.78 is 0. The van der Waals surface area contributed by atoms with Gasteiger partial charge in [0.25, 0.3) is 0 Å². The summed E-state index contributed by atoms with van der Waals surface area (Å²) in [5, 5.41) is 3.82. The van der Waals surface area contributed by atoms with Crippen molar-refractivity contribution in [1.82, 2.24) is 4.98 Å². The number of hydrogen-bond donors (Lipinski definition) is 2. The molecule has 0 unspecified atom stereocenters. The molecule has 0 aromatic carbocycles. The smallest absolute Gasteiger partial charge is 0.144 e. The molecule has 0 bridgehead atoms. The largest absolute Gasteiger partial charge is 0.397 e. The van der Waals surface area contributed by atoms with E-state index in [2.05, 4.69) is 10.3 Å². The highest BCUT2D eigenvalue weighted by atomic mass is 35.5. The van der Waals surface area contributed by atoms with Crippen molar-refractivity contribution in [3.8, 4) is 0 Å². The highest BCUT2D eigenvalue weighted by molar-refractivity contribution is 6.33. The summed E-state index contributed by atoms with van der Waals surface area (Å²) in [6.07, 6.45) is 6.96. The molecular formula is C11H16ClN3. The summed E-state index contributed by atoms with van der Waals surface area (Å²) in [5.74, 6) is 1.73. The van der Waals surface area contributed by atoms with Crippen LogP contribution in [0.5, 0.6) is 0 Å². The SMILES string of the molecule is Nc1cnc(NCCCC2CC2)c(Cl)c1. The topological polar surface area (TPSA) is 50.9 Å². The van der Waals surface area contributed by atoms with Crippen molar-refractivity contribution in [1.29, 1.82) is 0 Å². The zero-order valence-electron chi connectivity index (χ0n) is 8.67. The third kappa shape index (κ3) is 3.27. The van der Waals surface area contributed by atoms with Crippen LogP contribution >= 0.6 is 11.6 Å². The second-order valence-electron chi connectivity index (χ2n) is 4.11. The minimum Gasteiger partial charge on any atom is -0.397 e. The van der Waals surface area contributed by atoms with Crippen LogP contribution in [-0.2, 0) is 0 Å². The molecule has 15 heavy (non-hydrogen) atoms. The number of nitrogens with zero attached hydrogens (tertiary/aromatic N) is 1. The number of nitrogens with two attached hydrogens (primary N) is 1. The summed E-state index contributed by atoms with van der Waals surface area (Å²) in [6.45, 7) is 0.938. The number of pyridine rings is 1. The first-order chi connectivity index (χ1) is 7.25. The molecule has 4 heteroatoms. The van der Waals surface area contributed by atoms with Crippen LogP contribution in [-0.4, -0.2) is 11.5 Å². The molecule has 1 aliphatic carbocycles. The maximum atomic E-state index is 5.98. The van der Waals surface area contributed by atoms with Gasteiger partial charge in [-0.3, -0.25) is 0 Å². The van der Waals surface area contributed by atoms with Crippen LogP contribution in [0, 0.1) is 5.92 Å². The Bertz CT molecular complexity index is 337. The molecule has 82 valence electrons. The quantitative estimate of drug-likeness (QED) is 0.758. The van der Waals surface area contributed by atoms with Gasteiger partial charge in [-0.05, 0) is 24.8 Å². The Morgan fingerprint density at radius 2 is 2.33 bits per heavy atom. The van der Waals surface area contributed by atoms with Gasteiger partial charge in [0.2, 0.25) is 0 Å². The highest BCUT2D eigenvalue weighted by Crippen LogP contribution is 2.33. The lowest BCUT2D eigenvalue weighted by Gasteiger charge is -2.07. The second kappa shape index (κ2) is 4.71. The number of rotatable bonds is 5. The first kappa shape index (κ1) is 10.6. The van der Waals surface area contributed by atoms with Gasteiger partial charge in [-0.25, -0.2) is 4.98 Å². The average Bonchev–Trinajstić information content (AvgIpc) is 2.99. The number of aromatic nitrogens is 1. The Hall–Kier alpha value is -0.960. The standard InChI is InChI=1S/C11H16ClN3/c12-10-6-9(13)7-15-11(10)14-5-1-2-8-3-4-8/h6-8H,1-5,13H2,(H,14,15). The van der Waals surface area contributed by atoms with Gasteiger partial charge >= 0.3 is 0 Å². The monoisotopic (exact) mass is 225 g/mol. The normalized spacial score (nSPS) is 15.3. The van der Waals surface area contributed by atoms with E-state index in [4.69, 9.17) is 17.3 Å². The first-order valence-electron chi connectivity index (χ1n) is 5.40. The Labute approximate surface area is 95.0 Å². The van der Waals surface area contributed by atoms with E-state index >= 15 is 0 Å². The third-order valence-corrected chi connectivity index (χ3v) is 2.93. The number of halogens is 1. The first-order valence-corrected chi connectivity index (χ1v) is 5.78. The van der Waals surface area contributed by atoms with Crippen LogP contribution in [0.15, 0.2) is 12.3 Å². The molecule has 1 fully saturated rings. The van der Waals surface area contributed by atoms with Gasteiger partial charge < -0.3 is 11.1 Å². The molecule has 1 aliphatic rings. The Kier molecular flexibility index (Phi) is 3.31. The van der Waals surface area contributed by atoms with Gasteiger partial charge in [-0.2, -0.15) is 0 Å². The molecule has 0 aliphatic heterocycles. The molecule has 2 rings (SSSR count). The van der Waals surface area contributed by atoms with Gasteiger partial charge in [0.1, 0.15) is 5.82 Å².